The van der Waals surface area contributed by atoms with E-state index in [0.29, 0.717) is 0 Å². The molecule has 21 heavy (non-hydrogen) atoms. The molecule has 4 rings (SSSR count). The zero-order valence-electron chi connectivity index (χ0n) is 11.4. The van der Waals surface area contributed by atoms with Gasteiger partial charge in [0.15, 0.2) is 0 Å². The van der Waals surface area contributed by atoms with Gasteiger partial charge in [0.1, 0.15) is 0 Å². The lowest BCUT2D eigenvalue weighted by Crippen LogP contribution is -1.93. The molecule has 1 radical (unpaired) electrons. The van der Waals surface area contributed by atoms with Crippen LogP contribution in [0.25, 0.3) is 21.8 Å². The minimum absolute atomic E-state index is 0.927. The molecule has 2 aromatic heterocycles. The average Bonchev–Trinajstić information content (AvgIpc) is 2.55. The van der Waals surface area contributed by atoms with Crippen molar-refractivity contribution in [2.75, 3.05) is 0 Å². The van der Waals surface area contributed by atoms with Crippen LogP contribution in [0.15, 0.2) is 72.8 Å². The summed E-state index contributed by atoms with van der Waals surface area (Å²) in [5.74, 6) is 0. The van der Waals surface area contributed by atoms with Gasteiger partial charge in [-0.2, -0.15) is 0 Å². The number of rotatable bonds is 2. The molecule has 99 valence electrons. The van der Waals surface area contributed by atoms with E-state index in [1.54, 1.807) is 0 Å². The van der Waals surface area contributed by atoms with Gasteiger partial charge in [0, 0.05) is 10.8 Å². The molecule has 2 nitrogen and oxygen atoms in total. The van der Waals surface area contributed by atoms with Crippen molar-refractivity contribution in [2.24, 2.45) is 0 Å². The van der Waals surface area contributed by atoms with Crippen molar-refractivity contribution in [3.63, 3.8) is 0 Å². The summed E-state index contributed by atoms with van der Waals surface area (Å²) in [6.45, 7) is 0. The molecule has 0 aliphatic heterocycles. The third-order valence-electron chi connectivity index (χ3n) is 3.54. The van der Waals surface area contributed by atoms with Gasteiger partial charge in [0.2, 0.25) is 0 Å². The van der Waals surface area contributed by atoms with E-state index in [4.69, 9.17) is 0 Å². The lowest BCUT2D eigenvalue weighted by molar-refractivity contribution is 1.21. The van der Waals surface area contributed by atoms with Gasteiger partial charge in [-0.15, -0.1) is 0 Å². The maximum absolute atomic E-state index is 4.66. The lowest BCUT2D eigenvalue weighted by atomic mass is 10.1. The predicted molar refractivity (Wildman–Crippen MR) is 86.0 cm³/mol. The Morgan fingerprint density at radius 3 is 1.52 bits per heavy atom. The lowest BCUT2D eigenvalue weighted by Gasteiger charge is -2.04. The van der Waals surface area contributed by atoms with Crippen LogP contribution in [0.3, 0.4) is 0 Å². The van der Waals surface area contributed by atoms with Crippen LogP contribution >= 0.6 is 0 Å². The SMILES string of the molecule is [CH](c1ccc2ccccc2n1)c1ccc2ccccc2n1. The van der Waals surface area contributed by atoms with Crippen molar-refractivity contribution in [3.05, 3.63) is 90.6 Å². The second kappa shape index (κ2) is 4.98. The van der Waals surface area contributed by atoms with Gasteiger partial charge in [0.05, 0.1) is 28.8 Å². The van der Waals surface area contributed by atoms with Crippen molar-refractivity contribution in [2.45, 2.75) is 0 Å². The first-order valence-electron chi connectivity index (χ1n) is 6.95. The van der Waals surface area contributed by atoms with Crippen LogP contribution in [0.5, 0.6) is 0 Å². The zero-order valence-corrected chi connectivity index (χ0v) is 11.4. The molecule has 0 atom stereocenters. The molecule has 0 aliphatic carbocycles. The number of benzene rings is 2. The molecule has 0 saturated heterocycles. The summed E-state index contributed by atoms with van der Waals surface area (Å²) in [6, 6.07) is 24.5. The molecule has 4 aromatic rings. The van der Waals surface area contributed by atoms with Gasteiger partial charge >= 0.3 is 0 Å². The van der Waals surface area contributed by atoms with Crippen LogP contribution in [0, 0.1) is 6.42 Å². The molecular formula is C19H13N2. The van der Waals surface area contributed by atoms with Crippen LogP contribution < -0.4 is 0 Å². The van der Waals surface area contributed by atoms with E-state index in [0.717, 1.165) is 33.2 Å². The van der Waals surface area contributed by atoms with Gasteiger partial charge in [-0.1, -0.05) is 48.5 Å². The number of hydrogen-bond acceptors (Lipinski definition) is 2. The quantitative estimate of drug-likeness (QED) is 0.539. The second-order valence-electron chi connectivity index (χ2n) is 5.00. The zero-order chi connectivity index (χ0) is 14.1. The Morgan fingerprint density at radius 2 is 1.00 bits per heavy atom. The van der Waals surface area contributed by atoms with Crippen LogP contribution in [0.2, 0.25) is 0 Å². The van der Waals surface area contributed by atoms with Crippen LogP contribution in [-0.4, -0.2) is 9.97 Å². The minimum Gasteiger partial charge on any atom is -0.252 e. The fourth-order valence-electron chi connectivity index (χ4n) is 2.48. The minimum atomic E-state index is 0.927. The van der Waals surface area contributed by atoms with E-state index in [2.05, 4.69) is 34.2 Å². The Kier molecular flexibility index (Phi) is 2.86. The predicted octanol–water partition coefficient (Wildman–Crippen LogP) is 4.38. The van der Waals surface area contributed by atoms with Crippen molar-refractivity contribution in [3.8, 4) is 0 Å². The Labute approximate surface area is 123 Å². The Balaban J connectivity index is 1.71. The molecular weight excluding hydrogens is 256 g/mol. The maximum Gasteiger partial charge on any atom is 0.0705 e. The van der Waals surface area contributed by atoms with Gasteiger partial charge in [-0.05, 0) is 24.3 Å². The molecule has 0 fully saturated rings. The van der Waals surface area contributed by atoms with E-state index in [9.17, 15) is 0 Å². The van der Waals surface area contributed by atoms with E-state index < -0.39 is 0 Å². The van der Waals surface area contributed by atoms with E-state index in [1.807, 2.05) is 55.0 Å². The summed E-state index contributed by atoms with van der Waals surface area (Å²) in [5.41, 5.74) is 3.87. The molecule has 2 aromatic carbocycles. The summed E-state index contributed by atoms with van der Waals surface area (Å²) in [6.07, 6.45) is 2.01. The molecule has 0 unspecified atom stereocenters. The van der Waals surface area contributed by atoms with Gasteiger partial charge in [-0.3, -0.25) is 9.97 Å². The van der Waals surface area contributed by atoms with Crippen molar-refractivity contribution < 1.29 is 0 Å². The highest BCUT2D eigenvalue weighted by molar-refractivity contribution is 5.80. The summed E-state index contributed by atoms with van der Waals surface area (Å²) >= 11 is 0. The van der Waals surface area contributed by atoms with Crippen molar-refractivity contribution >= 4 is 21.8 Å². The standard InChI is InChI=1S/C19H13N2/c1-3-7-18-14(5-1)9-11-16(20-18)13-17-12-10-15-6-2-4-8-19(15)21-17/h1-13H. The van der Waals surface area contributed by atoms with E-state index in [1.165, 1.54) is 0 Å². The Hall–Kier alpha value is -2.74. The fraction of sp³-hybridized carbons (Fsp3) is 0. The number of nitrogens with zero attached hydrogens (tertiary/aromatic N) is 2. The number of aromatic nitrogens is 2. The van der Waals surface area contributed by atoms with Crippen molar-refractivity contribution in [1.29, 1.82) is 0 Å². The summed E-state index contributed by atoms with van der Waals surface area (Å²) in [7, 11) is 0. The monoisotopic (exact) mass is 269 g/mol. The second-order valence-corrected chi connectivity index (χ2v) is 5.00. The molecule has 0 bridgehead atoms. The molecule has 0 spiro atoms. The largest absolute Gasteiger partial charge is 0.252 e. The number of pyridine rings is 2. The smallest absolute Gasteiger partial charge is 0.0705 e. The Bertz CT molecular complexity index is 851. The third kappa shape index (κ3) is 2.36. The summed E-state index contributed by atoms with van der Waals surface area (Å²) < 4.78 is 0. The molecule has 0 saturated carbocycles. The fourth-order valence-corrected chi connectivity index (χ4v) is 2.48. The maximum atomic E-state index is 4.66. The third-order valence-corrected chi connectivity index (χ3v) is 3.54. The van der Waals surface area contributed by atoms with Crippen LogP contribution in [-0.2, 0) is 0 Å². The molecule has 2 heterocycles. The Morgan fingerprint density at radius 1 is 0.524 bits per heavy atom. The number of para-hydroxylation sites is 2. The first kappa shape index (κ1) is 12.0. The van der Waals surface area contributed by atoms with Crippen LogP contribution in [0.4, 0.5) is 0 Å². The topological polar surface area (TPSA) is 25.8 Å². The average molecular weight is 269 g/mol. The van der Waals surface area contributed by atoms with E-state index >= 15 is 0 Å². The van der Waals surface area contributed by atoms with Gasteiger partial charge in [-0.25, -0.2) is 0 Å². The first-order chi connectivity index (χ1) is 10.4. The first-order valence-corrected chi connectivity index (χ1v) is 6.95. The van der Waals surface area contributed by atoms with Gasteiger partial charge in [0.25, 0.3) is 0 Å². The highest BCUT2D eigenvalue weighted by Crippen LogP contribution is 2.17. The summed E-state index contributed by atoms with van der Waals surface area (Å²) in [5, 5.41) is 2.31. The summed E-state index contributed by atoms with van der Waals surface area (Å²) in [4.78, 5) is 9.31. The highest BCUT2D eigenvalue weighted by Gasteiger charge is 2.03. The van der Waals surface area contributed by atoms with Gasteiger partial charge < -0.3 is 0 Å². The number of fused-ring (bicyclic) bond motifs is 2. The molecule has 0 amide bonds. The van der Waals surface area contributed by atoms with Crippen LogP contribution in [0.1, 0.15) is 11.4 Å². The highest BCUT2D eigenvalue weighted by atomic mass is 14.7. The van der Waals surface area contributed by atoms with Crippen molar-refractivity contribution in [1.82, 2.24) is 9.97 Å². The van der Waals surface area contributed by atoms with E-state index in [-0.39, 0.29) is 0 Å². The number of hydrogen-bond donors (Lipinski definition) is 0. The molecule has 0 aliphatic rings. The molecule has 0 N–H and O–H groups in total. The molecule has 2 heteroatoms. The normalized spacial score (nSPS) is 11.0.